The van der Waals surface area contributed by atoms with Gasteiger partial charge in [0.2, 0.25) is 0 Å². The Labute approximate surface area is 65.2 Å². The van der Waals surface area contributed by atoms with Crippen molar-refractivity contribution in [2.75, 3.05) is 0 Å². The van der Waals surface area contributed by atoms with Gasteiger partial charge in [0, 0.05) is 11.4 Å². The first-order valence-corrected chi connectivity index (χ1v) is 3.74. The number of hydrogen-bond acceptors (Lipinski definition) is 1. The highest BCUT2D eigenvalue weighted by Crippen LogP contribution is 2.31. The van der Waals surface area contributed by atoms with Gasteiger partial charge in [-0.15, -0.1) is 0 Å². The summed E-state index contributed by atoms with van der Waals surface area (Å²) in [5.74, 6) is 0. The Morgan fingerprint density at radius 3 is 2.64 bits per heavy atom. The van der Waals surface area contributed by atoms with Crippen molar-refractivity contribution < 1.29 is 4.79 Å². The summed E-state index contributed by atoms with van der Waals surface area (Å²) >= 11 is 0. The average Bonchev–Trinajstić information content (AvgIpc) is 2.64. The molecule has 0 aromatic carbocycles. The molecule has 1 heterocycles. The third-order valence-corrected chi connectivity index (χ3v) is 1.80. The van der Waals surface area contributed by atoms with Crippen molar-refractivity contribution in [1.29, 1.82) is 0 Å². The predicted molar refractivity (Wildman–Crippen MR) is 41.7 cm³/mol. The molecule has 3 nitrogen and oxygen atoms in total. The van der Waals surface area contributed by atoms with Crippen molar-refractivity contribution in [3.8, 4) is 0 Å². The van der Waals surface area contributed by atoms with Crippen LogP contribution < -0.4 is 10.6 Å². The number of rotatable bonds is 0. The summed E-state index contributed by atoms with van der Waals surface area (Å²) in [5.41, 5.74) is 3.29. The van der Waals surface area contributed by atoms with Crippen LogP contribution in [0.3, 0.4) is 0 Å². The van der Waals surface area contributed by atoms with E-state index in [1.165, 1.54) is 5.57 Å². The van der Waals surface area contributed by atoms with Crippen LogP contribution in [0.1, 0.15) is 19.8 Å². The van der Waals surface area contributed by atoms with Gasteiger partial charge >= 0.3 is 6.03 Å². The standard InChI is InChI=1S/C8H10N2O/c1-5-4-7(6-2-3-6)10-8(11)9-5/h4H,2-3H2,1H3,(H2,9,10,11). The summed E-state index contributed by atoms with van der Waals surface area (Å²) in [6, 6.07) is -0.112. The fourth-order valence-electron chi connectivity index (χ4n) is 1.14. The molecule has 0 radical (unpaired) electrons. The first kappa shape index (κ1) is 6.46. The van der Waals surface area contributed by atoms with E-state index < -0.39 is 0 Å². The zero-order chi connectivity index (χ0) is 7.84. The first-order valence-electron chi connectivity index (χ1n) is 3.74. The van der Waals surface area contributed by atoms with Gasteiger partial charge in [-0.25, -0.2) is 4.79 Å². The summed E-state index contributed by atoms with van der Waals surface area (Å²) < 4.78 is 0. The van der Waals surface area contributed by atoms with E-state index in [0.717, 1.165) is 24.2 Å². The maximum absolute atomic E-state index is 10.9. The van der Waals surface area contributed by atoms with Crippen LogP contribution in [0.2, 0.25) is 0 Å². The fraction of sp³-hybridized carbons (Fsp3) is 0.375. The van der Waals surface area contributed by atoms with Gasteiger partial charge in [0.25, 0.3) is 0 Å². The van der Waals surface area contributed by atoms with E-state index in [1.807, 2.05) is 13.0 Å². The molecule has 11 heavy (non-hydrogen) atoms. The topological polar surface area (TPSA) is 41.1 Å². The molecule has 0 atom stereocenters. The monoisotopic (exact) mass is 150 g/mol. The SMILES string of the molecule is CC1=CC(=C2CC2)NC(=O)N1. The molecule has 0 bridgehead atoms. The van der Waals surface area contributed by atoms with Crippen molar-refractivity contribution in [2.45, 2.75) is 19.8 Å². The van der Waals surface area contributed by atoms with E-state index in [1.54, 1.807) is 0 Å². The van der Waals surface area contributed by atoms with E-state index in [0.29, 0.717) is 0 Å². The zero-order valence-corrected chi connectivity index (χ0v) is 6.40. The Morgan fingerprint density at radius 2 is 2.09 bits per heavy atom. The Balaban J connectivity index is 2.30. The third-order valence-electron chi connectivity index (χ3n) is 1.80. The maximum atomic E-state index is 10.9. The van der Waals surface area contributed by atoms with E-state index in [4.69, 9.17) is 0 Å². The number of amides is 2. The summed E-state index contributed by atoms with van der Waals surface area (Å²) in [4.78, 5) is 10.9. The normalized spacial score (nSPS) is 22.3. The fourth-order valence-corrected chi connectivity index (χ4v) is 1.14. The molecule has 1 aliphatic heterocycles. The van der Waals surface area contributed by atoms with E-state index in [-0.39, 0.29) is 6.03 Å². The second-order valence-corrected chi connectivity index (χ2v) is 2.92. The van der Waals surface area contributed by atoms with Gasteiger partial charge in [0.05, 0.1) is 0 Å². The Morgan fingerprint density at radius 1 is 1.36 bits per heavy atom. The number of carbonyl (C=O) groups is 1. The van der Waals surface area contributed by atoms with Crippen LogP contribution in [-0.2, 0) is 0 Å². The summed E-state index contributed by atoms with van der Waals surface area (Å²) in [5, 5.41) is 5.43. The van der Waals surface area contributed by atoms with E-state index in [2.05, 4.69) is 10.6 Å². The van der Waals surface area contributed by atoms with Crippen molar-refractivity contribution in [1.82, 2.24) is 10.6 Å². The number of nitrogens with one attached hydrogen (secondary N) is 2. The largest absolute Gasteiger partial charge is 0.323 e. The Hall–Kier alpha value is -1.25. The molecular weight excluding hydrogens is 140 g/mol. The molecule has 1 aliphatic carbocycles. The first-order chi connectivity index (χ1) is 5.25. The lowest BCUT2D eigenvalue weighted by molar-refractivity contribution is 0.245. The minimum Gasteiger partial charge on any atom is -0.312 e. The number of urea groups is 1. The smallest absolute Gasteiger partial charge is 0.312 e. The predicted octanol–water partition coefficient (Wildman–Crippen LogP) is 1.25. The minimum atomic E-state index is -0.112. The molecular formula is C8H10N2O. The van der Waals surface area contributed by atoms with Crippen LogP contribution in [0.4, 0.5) is 4.79 Å². The lowest BCUT2D eigenvalue weighted by atomic mass is 10.3. The van der Waals surface area contributed by atoms with Gasteiger partial charge in [-0.1, -0.05) is 0 Å². The lowest BCUT2D eigenvalue weighted by Crippen LogP contribution is -2.37. The van der Waals surface area contributed by atoms with Crippen LogP contribution >= 0.6 is 0 Å². The van der Waals surface area contributed by atoms with Crippen molar-refractivity contribution in [3.05, 3.63) is 23.0 Å². The van der Waals surface area contributed by atoms with Crippen molar-refractivity contribution >= 4 is 6.03 Å². The van der Waals surface area contributed by atoms with Gasteiger partial charge in [-0.3, -0.25) is 0 Å². The highest BCUT2D eigenvalue weighted by molar-refractivity contribution is 5.80. The molecule has 0 saturated heterocycles. The Bertz CT molecular complexity index is 270. The Kier molecular flexibility index (Phi) is 1.24. The second-order valence-electron chi connectivity index (χ2n) is 2.92. The molecule has 3 heteroatoms. The summed E-state index contributed by atoms with van der Waals surface area (Å²) in [6.07, 6.45) is 4.25. The van der Waals surface area contributed by atoms with Crippen LogP contribution in [-0.4, -0.2) is 6.03 Å². The average molecular weight is 150 g/mol. The number of hydrogen-bond donors (Lipinski definition) is 2. The molecule has 58 valence electrons. The highest BCUT2D eigenvalue weighted by atomic mass is 16.2. The molecule has 2 rings (SSSR count). The van der Waals surface area contributed by atoms with Gasteiger partial charge in [0.1, 0.15) is 0 Å². The molecule has 1 fully saturated rings. The molecule has 0 aromatic rings. The highest BCUT2D eigenvalue weighted by Gasteiger charge is 2.20. The quantitative estimate of drug-likeness (QED) is 0.536. The van der Waals surface area contributed by atoms with Crippen molar-refractivity contribution in [2.24, 2.45) is 0 Å². The van der Waals surface area contributed by atoms with Crippen LogP contribution in [0.5, 0.6) is 0 Å². The second kappa shape index (κ2) is 2.12. The van der Waals surface area contributed by atoms with Gasteiger partial charge in [0.15, 0.2) is 0 Å². The molecule has 2 amide bonds. The molecule has 0 aromatic heterocycles. The van der Waals surface area contributed by atoms with E-state index in [9.17, 15) is 4.79 Å². The molecule has 2 N–H and O–H groups in total. The molecule has 1 saturated carbocycles. The molecule has 2 aliphatic rings. The van der Waals surface area contributed by atoms with E-state index >= 15 is 0 Å². The number of allylic oxidation sites excluding steroid dienone is 3. The number of carbonyl (C=O) groups excluding carboxylic acids is 1. The van der Waals surface area contributed by atoms with Crippen molar-refractivity contribution in [3.63, 3.8) is 0 Å². The lowest BCUT2D eigenvalue weighted by Gasteiger charge is -2.14. The minimum absolute atomic E-state index is 0.112. The third kappa shape index (κ3) is 1.27. The molecule has 0 unspecified atom stereocenters. The van der Waals surface area contributed by atoms with Gasteiger partial charge in [-0.2, -0.15) is 0 Å². The molecule has 0 spiro atoms. The zero-order valence-electron chi connectivity index (χ0n) is 6.40. The summed E-state index contributed by atoms with van der Waals surface area (Å²) in [7, 11) is 0. The van der Waals surface area contributed by atoms with Crippen LogP contribution in [0.25, 0.3) is 0 Å². The van der Waals surface area contributed by atoms with Crippen LogP contribution in [0.15, 0.2) is 23.0 Å². The maximum Gasteiger partial charge on any atom is 0.323 e. The van der Waals surface area contributed by atoms with Gasteiger partial charge in [-0.05, 0) is 31.4 Å². The van der Waals surface area contributed by atoms with Crippen LogP contribution in [0, 0.1) is 0 Å². The summed E-state index contributed by atoms with van der Waals surface area (Å²) in [6.45, 7) is 1.89. The van der Waals surface area contributed by atoms with Gasteiger partial charge < -0.3 is 10.6 Å².